The number of hydrogen-bond acceptors (Lipinski definition) is 7. The number of hydrogen-bond donors (Lipinski definition) is 0. The fraction of sp³-hybridized carbons (Fsp3) is 0.318. The number of methoxy groups -OCH3 is 1. The highest BCUT2D eigenvalue weighted by molar-refractivity contribution is 7.91. The van der Waals surface area contributed by atoms with E-state index in [1.54, 1.807) is 24.3 Å². The van der Waals surface area contributed by atoms with Crippen LogP contribution in [0.2, 0.25) is 0 Å². The molecule has 0 atom stereocenters. The summed E-state index contributed by atoms with van der Waals surface area (Å²) in [7, 11) is -1.71. The van der Waals surface area contributed by atoms with Crippen LogP contribution >= 0.6 is 0 Å². The molecule has 2 aromatic carbocycles. The van der Waals surface area contributed by atoms with Crippen molar-refractivity contribution in [3.8, 4) is 17.2 Å². The number of ether oxygens (including phenoxy) is 1. The molecule has 0 radical (unpaired) electrons. The molecule has 2 heterocycles. The van der Waals surface area contributed by atoms with Gasteiger partial charge in [-0.05, 0) is 36.4 Å². The van der Waals surface area contributed by atoms with Gasteiger partial charge in [0.15, 0.2) is 9.84 Å². The van der Waals surface area contributed by atoms with Gasteiger partial charge in [-0.2, -0.15) is 8.78 Å². The number of nitrogens with zero attached hydrogens (tertiary/aromatic N) is 4. The number of halogens is 3. The van der Waals surface area contributed by atoms with Crippen LogP contribution in [0.4, 0.5) is 23.7 Å². The van der Waals surface area contributed by atoms with Crippen LogP contribution in [0.15, 0.2) is 46.9 Å². The van der Waals surface area contributed by atoms with E-state index in [1.165, 1.54) is 29.0 Å². The average Bonchev–Trinajstić information content (AvgIpc) is 3.34. The SMILES string of the molecule is COc1ccc(N(Cc2ccc(-c3nnc(C(F)F)o3)cc2F)C(=O)N2CCS(=O)(=O)CC2)cc1. The Morgan fingerprint density at radius 3 is 2.40 bits per heavy atom. The van der Waals surface area contributed by atoms with Crippen LogP contribution in [0, 0.1) is 5.82 Å². The molecule has 1 aliphatic heterocycles. The second kappa shape index (κ2) is 9.94. The molecule has 35 heavy (non-hydrogen) atoms. The smallest absolute Gasteiger partial charge is 0.324 e. The maximum Gasteiger partial charge on any atom is 0.324 e. The highest BCUT2D eigenvalue weighted by Crippen LogP contribution is 2.27. The maximum atomic E-state index is 15.0. The zero-order valence-electron chi connectivity index (χ0n) is 18.5. The summed E-state index contributed by atoms with van der Waals surface area (Å²) in [5.74, 6) is -1.59. The lowest BCUT2D eigenvalue weighted by molar-refractivity contribution is 0.116. The zero-order chi connectivity index (χ0) is 25.2. The predicted molar refractivity (Wildman–Crippen MR) is 119 cm³/mol. The van der Waals surface area contributed by atoms with Crippen molar-refractivity contribution in [2.24, 2.45) is 0 Å². The van der Waals surface area contributed by atoms with Crippen LogP contribution in [0.5, 0.6) is 5.75 Å². The van der Waals surface area contributed by atoms with Crippen molar-refractivity contribution in [1.82, 2.24) is 15.1 Å². The molecule has 0 spiro atoms. The number of carbonyl (C=O) groups excluding carboxylic acids is 1. The Hall–Kier alpha value is -3.61. The van der Waals surface area contributed by atoms with E-state index in [-0.39, 0.29) is 48.2 Å². The predicted octanol–water partition coefficient (Wildman–Crippen LogP) is 3.68. The monoisotopic (exact) mass is 510 g/mol. The topological polar surface area (TPSA) is 106 Å². The van der Waals surface area contributed by atoms with Gasteiger partial charge >= 0.3 is 12.5 Å². The molecule has 0 bridgehead atoms. The first-order valence-corrected chi connectivity index (χ1v) is 12.3. The minimum Gasteiger partial charge on any atom is -0.497 e. The van der Waals surface area contributed by atoms with Gasteiger partial charge in [-0.3, -0.25) is 4.90 Å². The molecule has 1 saturated heterocycles. The van der Waals surface area contributed by atoms with E-state index in [9.17, 15) is 22.0 Å². The van der Waals surface area contributed by atoms with Gasteiger partial charge in [0.05, 0.1) is 25.2 Å². The van der Waals surface area contributed by atoms with Crippen LogP contribution in [-0.2, 0) is 16.4 Å². The van der Waals surface area contributed by atoms with Crippen LogP contribution in [0.3, 0.4) is 0 Å². The van der Waals surface area contributed by atoms with Crippen molar-refractivity contribution in [3.63, 3.8) is 0 Å². The van der Waals surface area contributed by atoms with Crippen LogP contribution in [0.25, 0.3) is 11.5 Å². The third kappa shape index (κ3) is 5.56. The Morgan fingerprint density at radius 2 is 1.83 bits per heavy atom. The van der Waals surface area contributed by atoms with Gasteiger partial charge in [-0.1, -0.05) is 6.07 Å². The summed E-state index contributed by atoms with van der Waals surface area (Å²) in [4.78, 5) is 16.1. The lowest BCUT2D eigenvalue weighted by Crippen LogP contribution is -2.49. The lowest BCUT2D eigenvalue weighted by atomic mass is 10.1. The number of aromatic nitrogens is 2. The molecule has 0 unspecified atom stereocenters. The van der Waals surface area contributed by atoms with Crippen molar-refractivity contribution in [3.05, 3.63) is 59.7 Å². The van der Waals surface area contributed by atoms with Gasteiger partial charge < -0.3 is 14.1 Å². The van der Waals surface area contributed by atoms with Crippen LogP contribution < -0.4 is 9.64 Å². The summed E-state index contributed by atoms with van der Waals surface area (Å²) in [5.41, 5.74) is 0.691. The van der Waals surface area contributed by atoms with Crippen molar-refractivity contribution in [2.75, 3.05) is 36.6 Å². The van der Waals surface area contributed by atoms with Crippen molar-refractivity contribution >= 4 is 21.6 Å². The van der Waals surface area contributed by atoms with E-state index in [2.05, 4.69) is 10.2 Å². The number of benzene rings is 2. The number of amides is 2. The van der Waals surface area contributed by atoms with E-state index in [4.69, 9.17) is 9.15 Å². The summed E-state index contributed by atoms with van der Waals surface area (Å²) in [6, 6.07) is 9.95. The van der Waals surface area contributed by atoms with Gasteiger partial charge in [0.2, 0.25) is 5.89 Å². The molecule has 0 N–H and O–H groups in total. The Kier molecular flexibility index (Phi) is 6.96. The number of rotatable bonds is 6. The Balaban J connectivity index is 1.61. The molecular formula is C22H21F3N4O5S. The van der Waals surface area contributed by atoms with E-state index in [1.807, 2.05) is 0 Å². The molecule has 13 heteroatoms. The second-order valence-corrected chi connectivity index (χ2v) is 10.1. The van der Waals surface area contributed by atoms with Crippen LogP contribution in [0.1, 0.15) is 17.9 Å². The molecule has 0 aliphatic carbocycles. The number of alkyl halides is 2. The fourth-order valence-corrected chi connectivity index (χ4v) is 4.73. The Labute approximate surface area is 199 Å². The number of urea groups is 1. The lowest BCUT2D eigenvalue weighted by Gasteiger charge is -2.33. The summed E-state index contributed by atoms with van der Waals surface area (Å²) < 4.78 is 74.0. The third-order valence-electron chi connectivity index (χ3n) is 5.49. The van der Waals surface area contributed by atoms with E-state index < -0.39 is 34.0 Å². The van der Waals surface area contributed by atoms with Gasteiger partial charge in [0.25, 0.3) is 5.89 Å². The summed E-state index contributed by atoms with van der Waals surface area (Å²) in [6.07, 6.45) is -2.95. The Morgan fingerprint density at radius 1 is 1.14 bits per heavy atom. The normalized spacial score (nSPS) is 15.3. The summed E-state index contributed by atoms with van der Waals surface area (Å²) in [6.45, 7) is -0.121. The maximum absolute atomic E-state index is 15.0. The summed E-state index contributed by atoms with van der Waals surface area (Å²) in [5, 5.41) is 6.74. The zero-order valence-corrected chi connectivity index (χ0v) is 19.3. The minimum absolute atomic E-state index is 0.0267. The molecule has 9 nitrogen and oxygen atoms in total. The number of sulfone groups is 1. The summed E-state index contributed by atoms with van der Waals surface area (Å²) >= 11 is 0. The van der Waals surface area contributed by atoms with Crippen molar-refractivity contribution < 1.29 is 35.5 Å². The van der Waals surface area contributed by atoms with Gasteiger partial charge in [-0.15, -0.1) is 10.2 Å². The first-order chi connectivity index (χ1) is 16.7. The van der Waals surface area contributed by atoms with E-state index in [0.29, 0.717) is 11.4 Å². The fourth-order valence-electron chi connectivity index (χ4n) is 3.52. The standard InChI is InChI=1S/C22H21F3N4O5S/c1-33-17-6-4-16(5-7-17)29(22(30)28-8-10-35(31,32)11-9-28)13-15-3-2-14(12-18(15)23)20-26-27-21(34-20)19(24)25/h2-7,12,19H,8-11,13H2,1H3. The van der Waals surface area contributed by atoms with Gasteiger partial charge in [-0.25, -0.2) is 17.6 Å². The quantitative estimate of drug-likeness (QED) is 0.498. The van der Waals surface area contributed by atoms with Crippen molar-refractivity contribution in [1.29, 1.82) is 0 Å². The Bertz CT molecular complexity index is 1300. The average molecular weight is 510 g/mol. The first kappa shape index (κ1) is 24.5. The van der Waals surface area contributed by atoms with Crippen LogP contribution in [-0.4, -0.2) is 61.3 Å². The molecule has 186 valence electrons. The second-order valence-electron chi connectivity index (χ2n) is 7.76. The molecule has 0 saturated carbocycles. The molecule has 3 aromatic rings. The molecular weight excluding hydrogens is 489 g/mol. The first-order valence-electron chi connectivity index (χ1n) is 10.5. The van der Waals surface area contributed by atoms with E-state index >= 15 is 4.39 Å². The number of carbonyl (C=O) groups is 1. The largest absolute Gasteiger partial charge is 0.497 e. The van der Waals surface area contributed by atoms with E-state index in [0.717, 1.165) is 6.07 Å². The van der Waals surface area contributed by atoms with Crippen molar-refractivity contribution in [2.45, 2.75) is 13.0 Å². The molecule has 1 fully saturated rings. The van der Waals surface area contributed by atoms with Gasteiger partial charge in [0, 0.05) is 29.9 Å². The molecule has 1 aromatic heterocycles. The number of anilines is 1. The molecule has 4 rings (SSSR count). The molecule has 2 amide bonds. The minimum atomic E-state index is -3.20. The molecule has 1 aliphatic rings. The third-order valence-corrected chi connectivity index (χ3v) is 7.09. The highest BCUT2D eigenvalue weighted by atomic mass is 32.2. The van der Waals surface area contributed by atoms with Gasteiger partial charge in [0.1, 0.15) is 11.6 Å². The highest BCUT2D eigenvalue weighted by Gasteiger charge is 2.29.